The van der Waals surface area contributed by atoms with Crippen LogP contribution in [0.2, 0.25) is 0 Å². The first kappa shape index (κ1) is 19.4. The summed E-state index contributed by atoms with van der Waals surface area (Å²) >= 11 is 0. The Bertz CT molecular complexity index is 949. The van der Waals surface area contributed by atoms with Crippen molar-refractivity contribution in [3.63, 3.8) is 0 Å². The van der Waals surface area contributed by atoms with Crippen LogP contribution in [0.1, 0.15) is 31.2 Å². The number of carbonyl (C=O) groups is 1. The minimum Gasteiger partial charge on any atom is -0.497 e. The van der Waals surface area contributed by atoms with E-state index in [9.17, 15) is 4.79 Å². The molecule has 0 radical (unpaired) electrons. The molecule has 28 heavy (non-hydrogen) atoms. The molecule has 146 valence electrons. The minimum atomic E-state index is -0.240. The molecular weight excluding hydrogens is 358 g/mol. The molecule has 1 heterocycles. The Hall–Kier alpha value is -3.35. The third-order valence-corrected chi connectivity index (χ3v) is 4.14. The summed E-state index contributed by atoms with van der Waals surface area (Å²) in [5.74, 6) is 2.41. The number of amides is 1. The zero-order valence-electron chi connectivity index (χ0n) is 16.4. The first-order valence-corrected chi connectivity index (χ1v) is 8.97. The van der Waals surface area contributed by atoms with E-state index in [2.05, 4.69) is 15.5 Å². The van der Waals surface area contributed by atoms with Gasteiger partial charge in [-0.05, 0) is 55.0 Å². The smallest absolute Gasteiger partial charge is 0.262 e. The Morgan fingerprint density at radius 2 is 1.86 bits per heavy atom. The highest BCUT2D eigenvalue weighted by atomic mass is 16.5. The molecule has 1 amide bonds. The van der Waals surface area contributed by atoms with E-state index >= 15 is 0 Å². The number of nitrogens with one attached hydrogen (secondary N) is 1. The Balaban J connectivity index is 1.56. The first-order valence-electron chi connectivity index (χ1n) is 8.97. The Morgan fingerprint density at radius 1 is 1.14 bits per heavy atom. The quantitative estimate of drug-likeness (QED) is 0.660. The molecule has 0 aliphatic heterocycles. The van der Waals surface area contributed by atoms with Gasteiger partial charge in [0.15, 0.2) is 12.4 Å². The fourth-order valence-electron chi connectivity index (χ4n) is 2.52. The molecule has 0 saturated carbocycles. The maximum absolute atomic E-state index is 12.1. The SMILES string of the molecule is COc1ccc(NC(=O)COc2ccc(-c3nc(C(C)C)no3)cc2)c(C)c1. The molecule has 0 bridgehead atoms. The largest absolute Gasteiger partial charge is 0.497 e. The van der Waals surface area contributed by atoms with Gasteiger partial charge < -0.3 is 19.3 Å². The summed E-state index contributed by atoms with van der Waals surface area (Å²) in [5.41, 5.74) is 2.43. The number of anilines is 1. The van der Waals surface area contributed by atoms with Gasteiger partial charge in [0.1, 0.15) is 11.5 Å². The number of ether oxygens (including phenoxy) is 2. The second kappa shape index (κ2) is 8.56. The second-order valence-corrected chi connectivity index (χ2v) is 6.65. The Kier molecular flexibility index (Phi) is 5.93. The van der Waals surface area contributed by atoms with Crippen LogP contribution in [-0.4, -0.2) is 29.8 Å². The maximum atomic E-state index is 12.1. The van der Waals surface area contributed by atoms with Crippen LogP contribution in [0.4, 0.5) is 5.69 Å². The topological polar surface area (TPSA) is 86.5 Å². The molecule has 0 fully saturated rings. The maximum Gasteiger partial charge on any atom is 0.262 e. The van der Waals surface area contributed by atoms with Crippen molar-refractivity contribution in [1.82, 2.24) is 10.1 Å². The van der Waals surface area contributed by atoms with E-state index in [0.29, 0.717) is 17.5 Å². The molecule has 3 aromatic rings. The molecule has 0 aliphatic rings. The lowest BCUT2D eigenvalue weighted by Gasteiger charge is -2.11. The molecule has 1 aromatic heterocycles. The highest BCUT2D eigenvalue weighted by molar-refractivity contribution is 5.92. The molecular formula is C21H23N3O4. The van der Waals surface area contributed by atoms with Crippen LogP contribution >= 0.6 is 0 Å². The van der Waals surface area contributed by atoms with E-state index in [1.165, 1.54) is 0 Å². The summed E-state index contributed by atoms with van der Waals surface area (Å²) in [4.78, 5) is 16.5. The van der Waals surface area contributed by atoms with Crippen LogP contribution in [0.5, 0.6) is 11.5 Å². The van der Waals surface area contributed by atoms with Crippen molar-refractivity contribution < 1.29 is 18.8 Å². The third kappa shape index (κ3) is 4.68. The van der Waals surface area contributed by atoms with Crippen molar-refractivity contribution in [2.45, 2.75) is 26.7 Å². The van der Waals surface area contributed by atoms with E-state index in [0.717, 1.165) is 22.6 Å². The number of benzene rings is 2. The predicted molar refractivity (Wildman–Crippen MR) is 106 cm³/mol. The van der Waals surface area contributed by atoms with Crippen molar-refractivity contribution in [3.05, 3.63) is 53.9 Å². The van der Waals surface area contributed by atoms with Crippen LogP contribution in [0.25, 0.3) is 11.5 Å². The van der Waals surface area contributed by atoms with Gasteiger partial charge in [-0.15, -0.1) is 0 Å². The number of rotatable bonds is 7. The van der Waals surface area contributed by atoms with E-state index in [1.807, 2.05) is 39.0 Å². The van der Waals surface area contributed by atoms with E-state index in [4.69, 9.17) is 14.0 Å². The summed E-state index contributed by atoms with van der Waals surface area (Å²) in [6.07, 6.45) is 0. The van der Waals surface area contributed by atoms with Crippen molar-refractivity contribution in [1.29, 1.82) is 0 Å². The van der Waals surface area contributed by atoms with Crippen LogP contribution in [0.15, 0.2) is 47.0 Å². The van der Waals surface area contributed by atoms with Crippen LogP contribution in [0.3, 0.4) is 0 Å². The molecule has 7 nitrogen and oxygen atoms in total. The van der Waals surface area contributed by atoms with E-state index in [-0.39, 0.29) is 18.4 Å². The summed E-state index contributed by atoms with van der Waals surface area (Å²) in [6, 6.07) is 12.6. The second-order valence-electron chi connectivity index (χ2n) is 6.65. The summed E-state index contributed by atoms with van der Waals surface area (Å²) < 4.78 is 16.0. The molecule has 0 unspecified atom stereocenters. The van der Waals surface area contributed by atoms with Gasteiger partial charge in [0.05, 0.1) is 7.11 Å². The van der Waals surface area contributed by atoms with Crippen LogP contribution < -0.4 is 14.8 Å². The summed E-state index contributed by atoms with van der Waals surface area (Å²) in [5, 5.41) is 6.78. The number of nitrogens with zero attached hydrogens (tertiary/aromatic N) is 2. The molecule has 1 N–H and O–H groups in total. The van der Waals surface area contributed by atoms with Gasteiger partial charge in [-0.1, -0.05) is 19.0 Å². The number of aryl methyl sites for hydroxylation is 1. The highest BCUT2D eigenvalue weighted by Gasteiger charge is 2.12. The normalized spacial score (nSPS) is 10.8. The Morgan fingerprint density at radius 3 is 2.46 bits per heavy atom. The standard InChI is InChI=1S/C21H23N3O4/c1-13(2)20-23-21(28-24-20)15-5-7-16(8-6-15)27-12-19(25)22-18-10-9-17(26-4)11-14(18)3/h5-11,13H,12H2,1-4H3,(H,22,25). The predicted octanol–water partition coefficient (Wildman–Crippen LogP) is 4.19. The molecule has 7 heteroatoms. The van der Waals surface area contributed by atoms with Gasteiger partial charge in [-0.2, -0.15) is 4.98 Å². The summed E-state index contributed by atoms with van der Waals surface area (Å²) in [6.45, 7) is 5.82. The van der Waals surface area contributed by atoms with Crippen LogP contribution in [-0.2, 0) is 4.79 Å². The van der Waals surface area contributed by atoms with Crippen molar-refractivity contribution in [2.75, 3.05) is 19.0 Å². The molecule has 0 aliphatic carbocycles. The average molecular weight is 381 g/mol. The molecule has 0 saturated heterocycles. The Labute approximate surface area is 163 Å². The fraction of sp³-hybridized carbons (Fsp3) is 0.286. The number of hydrogen-bond donors (Lipinski definition) is 1. The van der Waals surface area contributed by atoms with Gasteiger partial charge >= 0.3 is 0 Å². The van der Waals surface area contributed by atoms with Gasteiger partial charge in [-0.25, -0.2) is 0 Å². The zero-order valence-corrected chi connectivity index (χ0v) is 16.4. The third-order valence-electron chi connectivity index (χ3n) is 4.14. The van der Waals surface area contributed by atoms with Gasteiger partial charge in [0, 0.05) is 17.2 Å². The fourth-order valence-corrected chi connectivity index (χ4v) is 2.52. The molecule has 2 aromatic carbocycles. The molecule has 3 rings (SSSR count). The monoisotopic (exact) mass is 381 g/mol. The minimum absolute atomic E-state index is 0.0944. The van der Waals surface area contributed by atoms with Gasteiger partial charge in [0.2, 0.25) is 0 Å². The lowest BCUT2D eigenvalue weighted by molar-refractivity contribution is -0.118. The number of methoxy groups -OCH3 is 1. The van der Waals surface area contributed by atoms with Crippen molar-refractivity contribution in [2.24, 2.45) is 0 Å². The number of hydrogen-bond acceptors (Lipinski definition) is 6. The highest BCUT2D eigenvalue weighted by Crippen LogP contribution is 2.23. The van der Waals surface area contributed by atoms with Gasteiger partial charge in [0.25, 0.3) is 11.8 Å². The zero-order chi connectivity index (χ0) is 20.1. The average Bonchev–Trinajstić information content (AvgIpc) is 3.19. The molecule has 0 spiro atoms. The van der Waals surface area contributed by atoms with E-state index < -0.39 is 0 Å². The summed E-state index contributed by atoms with van der Waals surface area (Å²) in [7, 11) is 1.61. The van der Waals surface area contributed by atoms with Crippen LogP contribution in [0, 0.1) is 6.92 Å². The number of aromatic nitrogens is 2. The van der Waals surface area contributed by atoms with Gasteiger partial charge in [-0.3, -0.25) is 4.79 Å². The van der Waals surface area contributed by atoms with Crippen molar-refractivity contribution >= 4 is 11.6 Å². The van der Waals surface area contributed by atoms with E-state index in [1.54, 1.807) is 31.4 Å². The lowest BCUT2D eigenvalue weighted by atomic mass is 10.2. The van der Waals surface area contributed by atoms with Crippen molar-refractivity contribution in [3.8, 4) is 23.0 Å². The number of carbonyl (C=O) groups excluding carboxylic acids is 1. The lowest BCUT2D eigenvalue weighted by Crippen LogP contribution is -2.20. The first-order chi connectivity index (χ1) is 13.5. The molecule has 0 atom stereocenters.